The molecule has 0 spiro atoms. The van der Waals surface area contributed by atoms with Crippen LogP contribution >= 0.6 is 12.2 Å². The Morgan fingerprint density at radius 3 is 2.33 bits per heavy atom. The standard InChI is InChI=1S/C30H37N5O4S/c1-30(2)28(38)35(24-11-12-25-22(19-24)20-39-27(25)37)29(40)34(30)14-6-5-13-32-15-17-33(18-16-32)26(36)21-7-9-23(10-8-21)31(3)4/h7-12,19H,5-6,13-18,20H2,1-4H3. The number of benzene rings is 2. The minimum atomic E-state index is -0.751. The molecule has 10 heteroatoms. The van der Waals surface area contributed by atoms with E-state index in [2.05, 4.69) is 4.90 Å². The van der Waals surface area contributed by atoms with Gasteiger partial charge in [-0.25, -0.2) is 4.79 Å². The molecular weight excluding hydrogens is 526 g/mol. The maximum atomic E-state index is 13.4. The average Bonchev–Trinajstić information content (AvgIpc) is 3.39. The molecule has 0 aliphatic carbocycles. The predicted molar refractivity (Wildman–Crippen MR) is 159 cm³/mol. The van der Waals surface area contributed by atoms with Crippen LogP contribution in [-0.2, 0) is 16.1 Å². The first-order valence-corrected chi connectivity index (χ1v) is 14.2. The molecule has 0 radical (unpaired) electrons. The summed E-state index contributed by atoms with van der Waals surface area (Å²) >= 11 is 5.78. The van der Waals surface area contributed by atoms with Crippen LogP contribution in [0.5, 0.6) is 0 Å². The van der Waals surface area contributed by atoms with Crippen LogP contribution < -0.4 is 9.80 Å². The zero-order chi connectivity index (χ0) is 28.6. The summed E-state index contributed by atoms with van der Waals surface area (Å²) in [5, 5.41) is 0.492. The number of carbonyl (C=O) groups excluding carboxylic acids is 3. The second kappa shape index (κ2) is 11.2. The van der Waals surface area contributed by atoms with E-state index in [4.69, 9.17) is 17.0 Å². The van der Waals surface area contributed by atoms with Crippen molar-refractivity contribution in [2.45, 2.75) is 38.8 Å². The molecule has 0 atom stereocenters. The van der Waals surface area contributed by atoms with Gasteiger partial charge in [0, 0.05) is 63.6 Å². The zero-order valence-corrected chi connectivity index (χ0v) is 24.5. The van der Waals surface area contributed by atoms with Gasteiger partial charge in [-0.1, -0.05) is 0 Å². The lowest BCUT2D eigenvalue weighted by Gasteiger charge is -2.35. The Bertz CT molecular complexity index is 1320. The number of esters is 1. The van der Waals surface area contributed by atoms with Crippen LogP contribution in [-0.4, -0.2) is 96.5 Å². The monoisotopic (exact) mass is 563 g/mol. The Balaban J connectivity index is 1.10. The number of nitrogens with zero attached hydrogens (tertiary/aromatic N) is 5. The lowest BCUT2D eigenvalue weighted by molar-refractivity contribution is -0.123. The van der Waals surface area contributed by atoms with Crippen molar-refractivity contribution in [1.29, 1.82) is 0 Å². The molecule has 0 bridgehead atoms. The number of fused-ring (bicyclic) bond motifs is 1. The molecule has 0 unspecified atom stereocenters. The number of ether oxygens (including phenoxy) is 1. The Hall–Kier alpha value is -3.50. The highest BCUT2D eigenvalue weighted by Gasteiger charge is 2.49. The zero-order valence-electron chi connectivity index (χ0n) is 23.7. The van der Waals surface area contributed by atoms with Crippen molar-refractivity contribution in [1.82, 2.24) is 14.7 Å². The van der Waals surface area contributed by atoms with Gasteiger partial charge < -0.3 is 19.4 Å². The molecular formula is C30H37N5O4S. The highest BCUT2D eigenvalue weighted by molar-refractivity contribution is 7.80. The molecule has 2 amide bonds. The van der Waals surface area contributed by atoms with E-state index < -0.39 is 5.54 Å². The van der Waals surface area contributed by atoms with Crippen LogP contribution in [0.4, 0.5) is 11.4 Å². The van der Waals surface area contributed by atoms with E-state index >= 15 is 0 Å². The lowest BCUT2D eigenvalue weighted by atomic mass is 10.0. The van der Waals surface area contributed by atoms with Gasteiger partial charge in [-0.2, -0.15) is 0 Å². The molecule has 0 N–H and O–H groups in total. The number of cyclic esters (lactones) is 1. The van der Waals surface area contributed by atoms with Crippen LogP contribution in [0.25, 0.3) is 0 Å². The van der Waals surface area contributed by atoms with E-state index in [1.165, 1.54) is 0 Å². The minimum absolute atomic E-state index is 0.0696. The second-order valence-corrected chi connectivity index (χ2v) is 11.7. The van der Waals surface area contributed by atoms with E-state index in [1.807, 2.05) is 73.0 Å². The smallest absolute Gasteiger partial charge is 0.338 e. The van der Waals surface area contributed by atoms with Crippen LogP contribution in [0, 0.1) is 0 Å². The van der Waals surface area contributed by atoms with Crippen molar-refractivity contribution >= 4 is 46.5 Å². The summed E-state index contributed by atoms with van der Waals surface area (Å²) < 4.78 is 5.11. The van der Waals surface area contributed by atoms with Crippen molar-refractivity contribution in [2.75, 3.05) is 63.2 Å². The minimum Gasteiger partial charge on any atom is -0.457 e. The molecule has 2 fully saturated rings. The molecule has 0 saturated carbocycles. The quantitative estimate of drug-likeness (QED) is 0.275. The van der Waals surface area contributed by atoms with E-state index in [1.54, 1.807) is 17.0 Å². The number of carbonyl (C=O) groups is 3. The van der Waals surface area contributed by atoms with Gasteiger partial charge >= 0.3 is 5.97 Å². The third-order valence-electron chi connectivity index (χ3n) is 8.15. The fraction of sp³-hybridized carbons (Fsp3) is 0.467. The molecule has 212 valence electrons. The van der Waals surface area contributed by atoms with Crippen LogP contribution in [0.1, 0.15) is 53.0 Å². The third kappa shape index (κ3) is 5.30. The number of piperazine rings is 1. The second-order valence-electron chi connectivity index (χ2n) is 11.3. The van der Waals surface area contributed by atoms with Crippen LogP contribution in [0.2, 0.25) is 0 Å². The summed E-state index contributed by atoms with van der Waals surface area (Å²) in [4.78, 5) is 48.1. The number of unbranched alkanes of at least 4 members (excludes halogenated alkanes) is 1. The number of anilines is 2. The lowest BCUT2D eigenvalue weighted by Crippen LogP contribution is -2.49. The Morgan fingerprint density at radius 1 is 0.975 bits per heavy atom. The highest BCUT2D eigenvalue weighted by atomic mass is 32.1. The van der Waals surface area contributed by atoms with Crippen LogP contribution in [0.15, 0.2) is 42.5 Å². The summed E-state index contributed by atoms with van der Waals surface area (Å²) in [5.41, 5.74) is 3.04. The first kappa shape index (κ1) is 28.0. The number of rotatable bonds is 8. The van der Waals surface area contributed by atoms with Crippen LogP contribution in [0.3, 0.4) is 0 Å². The van der Waals surface area contributed by atoms with Gasteiger partial charge in [0.05, 0.1) is 11.3 Å². The summed E-state index contributed by atoms with van der Waals surface area (Å²) in [6.45, 7) is 8.81. The first-order valence-electron chi connectivity index (χ1n) is 13.8. The molecule has 2 aromatic rings. The summed E-state index contributed by atoms with van der Waals surface area (Å²) in [6, 6.07) is 13.1. The first-order chi connectivity index (χ1) is 19.1. The van der Waals surface area contributed by atoms with Gasteiger partial charge in [-0.15, -0.1) is 0 Å². The van der Waals surface area contributed by atoms with Gasteiger partial charge in [-0.05, 0) is 87.9 Å². The van der Waals surface area contributed by atoms with Gasteiger partial charge in [0.25, 0.3) is 11.8 Å². The number of hydrogen-bond acceptors (Lipinski definition) is 7. The summed E-state index contributed by atoms with van der Waals surface area (Å²) in [7, 11) is 3.97. The third-order valence-corrected chi connectivity index (χ3v) is 8.55. The SMILES string of the molecule is CN(C)c1ccc(C(=O)N2CCN(CCCCN3C(=S)N(c4ccc5c(c4)COC5=O)C(=O)C3(C)C)CC2)cc1. The number of amides is 2. The van der Waals surface area contributed by atoms with E-state index in [9.17, 15) is 14.4 Å². The summed E-state index contributed by atoms with van der Waals surface area (Å²) in [5.74, 6) is -0.312. The molecule has 3 heterocycles. The Labute approximate surface area is 241 Å². The Morgan fingerprint density at radius 2 is 1.65 bits per heavy atom. The van der Waals surface area contributed by atoms with E-state index in [0.29, 0.717) is 22.9 Å². The van der Waals surface area contributed by atoms with Crippen molar-refractivity contribution in [2.24, 2.45) is 0 Å². The molecule has 3 aliphatic rings. The molecule has 9 nitrogen and oxygen atoms in total. The van der Waals surface area contributed by atoms with E-state index in [0.717, 1.165) is 62.4 Å². The molecule has 40 heavy (non-hydrogen) atoms. The largest absolute Gasteiger partial charge is 0.457 e. The van der Waals surface area contributed by atoms with Crippen molar-refractivity contribution in [3.63, 3.8) is 0 Å². The van der Waals surface area contributed by atoms with Crippen molar-refractivity contribution < 1.29 is 19.1 Å². The van der Waals surface area contributed by atoms with Crippen molar-refractivity contribution in [3.8, 4) is 0 Å². The van der Waals surface area contributed by atoms with Gasteiger partial charge in [0.15, 0.2) is 5.11 Å². The fourth-order valence-corrected chi connectivity index (χ4v) is 6.07. The topological polar surface area (TPSA) is 76.6 Å². The molecule has 3 aliphatic heterocycles. The molecule has 2 aromatic carbocycles. The summed E-state index contributed by atoms with van der Waals surface area (Å²) in [6.07, 6.45) is 1.87. The van der Waals surface area contributed by atoms with Gasteiger partial charge in [-0.3, -0.25) is 19.4 Å². The number of thiocarbonyl (C=S) groups is 1. The van der Waals surface area contributed by atoms with Gasteiger partial charge in [0.1, 0.15) is 12.1 Å². The van der Waals surface area contributed by atoms with Gasteiger partial charge in [0.2, 0.25) is 0 Å². The predicted octanol–water partition coefficient (Wildman–Crippen LogP) is 3.37. The van der Waals surface area contributed by atoms with Crippen molar-refractivity contribution in [3.05, 3.63) is 59.2 Å². The molecule has 2 saturated heterocycles. The maximum absolute atomic E-state index is 13.4. The molecule has 5 rings (SSSR count). The Kier molecular flexibility index (Phi) is 7.83. The maximum Gasteiger partial charge on any atom is 0.338 e. The normalized spacial score (nSPS) is 18.8. The highest BCUT2D eigenvalue weighted by Crippen LogP contribution is 2.34. The average molecular weight is 564 g/mol. The fourth-order valence-electron chi connectivity index (χ4n) is 5.56. The number of hydrogen-bond donors (Lipinski definition) is 0. The molecule has 0 aromatic heterocycles. The van der Waals surface area contributed by atoms with E-state index in [-0.39, 0.29) is 24.4 Å².